The average molecular weight is 148 g/mol. The minimum atomic E-state index is 0.803. The van der Waals surface area contributed by atoms with E-state index < -0.39 is 0 Å². The van der Waals surface area contributed by atoms with Gasteiger partial charge < -0.3 is 0 Å². The van der Waals surface area contributed by atoms with Gasteiger partial charge in [-0.1, -0.05) is 26.0 Å². The van der Waals surface area contributed by atoms with Crippen molar-refractivity contribution in [2.45, 2.75) is 27.2 Å². The Bertz CT molecular complexity index is 237. The fourth-order valence-electron chi connectivity index (χ4n) is 4.43. The molecule has 60 valence electrons. The second kappa shape index (κ2) is 1.32. The average Bonchev–Trinajstić information content (AvgIpc) is 2.54. The minimum absolute atomic E-state index is 0.803. The molecule has 0 aromatic carbocycles. The van der Waals surface area contributed by atoms with Gasteiger partial charge in [-0.05, 0) is 41.9 Å². The highest BCUT2D eigenvalue weighted by Crippen LogP contribution is 3.00. The standard InChI is InChI=1S/C11H16/c1-4-5-7-6-8-10(2)9(7)11(8,10)3/h4-5,7-9H,6H2,1-3H3/b5-4-. The largest absolute Gasteiger partial charge is 0.0914 e. The van der Waals surface area contributed by atoms with E-state index in [9.17, 15) is 0 Å². The second-order valence-corrected chi connectivity index (χ2v) is 5.02. The summed E-state index contributed by atoms with van der Waals surface area (Å²) < 4.78 is 0. The maximum absolute atomic E-state index is 2.49. The van der Waals surface area contributed by atoms with Gasteiger partial charge in [0.05, 0.1) is 0 Å². The lowest BCUT2D eigenvalue weighted by Crippen LogP contribution is -2.00. The molecule has 0 nitrogen and oxygen atoms in total. The highest BCUT2D eigenvalue weighted by molar-refractivity contribution is 5.45. The Hall–Kier alpha value is -0.260. The number of allylic oxidation sites excluding steroid dienone is 2. The van der Waals surface area contributed by atoms with Gasteiger partial charge in [-0.15, -0.1) is 0 Å². The van der Waals surface area contributed by atoms with Gasteiger partial charge in [-0.2, -0.15) is 0 Å². The van der Waals surface area contributed by atoms with E-state index in [2.05, 4.69) is 32.9 Å². The lowest BCUT2D eigenvalue weighted by Gasteiger charge is -2.04. The van der Waals surface area contributed by atoms with Gasteiger partial charge in [0.1, 0.15) is 0 Å². The number of fused-ring (bicyclic) bond motifs is 1. The monoisotopic (exact) mass is 148 g/mol. The Morgan fingerprint density at radius 1 is 1.27 bits per heavy atom. The molecule has 11 heavy (non-hydrogen) atoms. The molecule has 0 amide bonds. The van der Waals surface area contributed by atoms with E-state index >= 15 is 0 Å². The van der Waals surface area contributed by atoms with Crippen molar-refractivity contribution in [2.24, 2.45) is 28.6 Å². The first-order valence-corrected chi connectivity index (χ1v) is 4.80. The summed E-state index contributed by atoms with van der Waals surface area (Å²) in [6.07, 6.45) is 6.15. The number of rotatable bonds is 1. The Morgan fingerprint density at radius 3 is 2.27 bits per heavy atom. The van der Waals surface area contributed by atoms with Crippen molar-refractivity contribution in [3.8, 4) is 0 Å². The molecule has 0 aromatic heterocycles. The molecular formula is C11H16. The molecule has 0 heterocycles. The fourth-order valence-corrected chi connectivity index (χ4v) is 4.43. The molecule has 2 bridgehead atoms. The minimum Gasteiger partial charge on any atom is -0.0914 e. The molecule has 0 heteroatoms. The molecule has 0 radical (unpaired) electrons. The van der Waals surface area contributed by atoms with Crippen LogP contribution in [-0.4, -0.2) is 0 Å². The lowest BCUT2D eigenvalue weighted by molar-refractivity contribution is 0.457. The van der Waals surface area contributed by atoms with Crippen molar-refractivity contribution in [3.05, 3.63) is 12.2 Å². The van der Waals surface area contributed by atoms with Gasteiger partial charge in [-0.25, -0.2) is 0 Å². The van der Waals surface area contributed by atoms with Gasteiger partial charge >= 0.3 is 0 Å². The maximum atomic E-state index is 2.49. The summed E-state index contributed by atoms with van der Waals surface area (Å²) in [6.45, 7) is 7.13. The Labute approximate surface area is 68.7 Å². The van der Waals surface area contributed by atoms with Crippen LogP contribution in [-0.2, 0) is 0 Å². The van der Waals surface area contributed by atoms with Gasteiger partial charge in [0, 0.05) is 0 Å². The van der Waals surface area contributed by atoms with E-state index in [1.165, 1.54) is 6.42 Å². The number of hydrogen-bond donors (Lipinski definition) is 0. The van der Waals surface area contributed by atoms with Crippen LogP contribution in [0.2, 0.25) is 0 Å². The van der Waals surface area contributed by atoms with Crippen LogP contribution in [0.3, 0.4) is 0 Å². The molecule has 4 aliphatic rings. The first kappa shape index (κ1) is 6.28. The van der Waals surface area contributed by atoms with Crippen LogP contribution in [0.5, 0.6) is 0 Å². The third kappa shape index (κ3) is 0.369. The zero-order valence-electron chi connectivity index (χ0n) is 7.59. The Kier molecular flexibility index (Phi) is 0.753. The molecule has 4 rings (SSSR count). The Balaban J connectivity index is 1.90. The summed E-state index contributed by atoms with van der Waals surface area (Å²) in [5.41, 5.74) is 1.61. The molecule has 3 atom stereocenters. The van der Waals surface area contributed by atoms with Gasteiger partial charge in [0.2, 0.25) is 0 Å². The SMILES string of the molecule is C/C=C\C1CC2C3(C)C1C23C. The van der Waals surface area contributed by atoms with E-state index in [0.717, 1.165) is 28.6 Å². The number of hydrogen-bond acceptors (Lipinski definition) is 0. The van der Waals surface area contributed by atoms with Gasteiger partial charge in [-0.3, -0.25) is 0 Å². The fraction of sp³-hybridized carbons (Fsp3) is 0.818. The van der Waals surface area contributed by atoms with E-state index in [4.69, 9.17) is 0 Å². The van der Waals surface area contributed by atoms with Crippen molar-refractivity contribution in [1.29, 1.82) is 0 Å². The van der Waals surface area contributed by atoms with Crippen LogP contribution in [0.1, 0.15) is 27.2 Å². The van der Waals surface area contributed by atoms with Gasteiger partial charge in [0.25, 0.3) is 0 Å². The predicted octanol–water partition coefficient (Wildman–Crippen LogP) is 2.85. The predicted molar refractivity (Wildman–Crippen MR) is 46.1 cm³/mol. The Morgan fingerprint density at radius 2 is 1.91 bits per heavy atom. The molecule has 0 N–H and O–H groups in total. The van der Waals surface area contributed by atoms with E-state index in [-0.39, 0.29) is 0 Å². The molecule has 0 saturated heterocycles. The second-order valence-electron chi connectivity index (χ2n) is 5.02. The van der Waals surface area contributed by atoms with Crippen molar-refractivity contribution in [3.63, 3.8) is 0 Å². The normalized spacial score (nSPS) is 70.3. The zero-order chi connectivity index (χ0) is 7.85. The van der Waals surface area contributed by atoms with E-state index in [1.807, 2.05) is 0 Å². The summed E-state index contributed by atoms with van der Waals surface area (Å²) in [4.78, 5) is 0. The quantitative estimate of drug-likeness (QED) is 0.502. The van der Waals surface area contributed by atoms with Crippen LogP contribution >= 0.6 is 0 Å². The molecule has 4 aliphatic carbocycles. The van der Waals surface area contributed by atoms with E-state index in [1.54, 1.807) is 0 Å². The summed E-state index contributed by atoms with van der Waals surface area (Å²) >= 11 is 0. The van der Waals surface area contributed by atoms with Crippen molar-refractivity contribution in [2.75, 3.05) is 0 Å². The van der Waals surface area contributed by atoms with Crippen LogP contribution in [0.4, 0.5) is 0 Å². The molecule has 3 unspecified atom stereocenters. The molecule has 0 spiro atoms. The zero-order valence-corrected chi connectivity index (χ0v) is 7.59. The maximum Gasteiger partial charge on any atom is -0.0191 e. The summed E-state index contributed by atoms with van der Waals surface area (Å²) in [7, 11) is 0. The summed E-state index contributed by atoms with van der Waals surface area (Å²) in [6, 6.07) is 0. The van der Waals surface area contributed by atoms with Crippen molar-refractivity contribution >= 4 is 0 Å². The molecular weight excluding hydrogens is 132 g/mol. The topological polar surface area (TPSA) is 0 Å². The van der Waals surface area contributed by atoms with Crippen LogP contribution in [0.15, 0.2) is 12.2 Å². The first-order valence-electron chi connectivity index (χ1n) is 4.80. The summed E-state index contributed by atoms with van der Waals surface area (Å²) in [5, 5.41) is 0. The highest BCUT2D eigenvalue weighted by Gasteiger charge is 2.96. The van der Waals surface area contributed by atoms with Crippen LogP contribution < -0.4 is 0 Å². The van der Waals surface area contributed by atoms with Crippen LogP contribution in [0, 0.1) is 28.6 Å². The molecule has 0 aliphatic heterocycles. The third-order valence-corrected chi connectivity index (χ3v) is 5.11. The highest BCUT2D eigenvalue weighted by atomic mass is 15.0. The molecule has 4 fully saturated rings. The first-order chi connectivity index (χ1) is 5.17. The van der Waals surface area contributed by atoms with Crippen LogP contribution in [0.25, 0.3) is 0 Å². The van der Waals surface area contributed by atoms with Crippen molar-refractivity contribution in [1.82, 2.24) is 0 Å². The van der Waals surface area contributed by atoms with Crippen molar-refractivity contribution < 1.29 is 0 Å². The smallest absolute Gasteiger partial charge is 0.0191 e. The molecule has 4 saturated carbocycles. The lowest BCUT2D eigenvalue weighted by atomic mass is 10.00. The van der Waals surface area contributed by atoms with Gasteiger partial charge in [0.15, 0.2) is 0 Å². The van der Waals surface area contributed by atoms with E-state index in [0.29, 0.717) is 0 Å². The summed E-state index contributed by atoms with van der Waals surface area (Å²) in [5.74, 6) is 3.11. The third-order valence-electron chi connectivity index (χ3n) is 5.11. The molecule has 0 aromatic rings.